The number of thiazole rings is 1. The molecule has 7 nitrogen and oxygen atoms in total. The number of benzene rings is 1. The highest BCUT2D eigenvalue weighted by Gasteiger charge is 2.19. The Balaban J connectivity index is 1.39. The minimum absolute atomic E-state index is 0.127. The number of carbonyl (C=O) groups is 2. The SMILES string of the molecule is COc1ccc(-c2cn3c(C(=O)NCCCN4CCCC4=O)csc3n2)cc1. The Bertz CT molecular complexity index is 993. The van der Waals surface area contributed by atoms with Crippen LogP contribution < -0.4 is 10.1 Å². The van der Waals surface area contributed by atoms with Crippen molar-refractivity contribution in [3.63, 3.8) is 0 Å². The highest BCUT2D eigenvalue weighted by Crippen LogP contribution is 2.25. The average molecular weight is 398 g/mol. The minimum Gasteiger partial charge on any atom is -0.497 e. The largest absolute Gasteiger partial charge is 0.497 e. The number of methoxy groups -OCH3 is 1. The summed E-state index contributed by atoms with van der Waals surface area (Å²) in [4.78, 5) is 31.4. The van der Waals surface area contributed by atoms with E-state index in [2.05, 4.69) is 10.3 Å². The van der Waals surface area contributed by atoms with Gasteiger partial charge in [0.25, 0.3) is 5.91 Å². The van der Waals surface area contributed by atoms with Crippen molar-refractivity contribution in [1.29, 1.82) is 0 Å². The van der Waals surface area contributed by atoms with Crippen LogP contribution in [0.4, 0.5) is 0 Å². The molecule has 1 aliphatic rings. The summed E-state index contributed by atoms with van der Waals surface area (Å²) in [5, 5.41) is 4.76. The average Bonchev–Trinajstić information content (AvgIpc) is 3.41. The Morgan fingerprint density at radius 3 is 2.86 bits per heavy atom. The van der Waals surface area contributed by atoms with Crippen molar-refractivity contribution >= 4 is 28.1 Å². The van der Waals surface area contributed by atoms with E-state index in [1.54, 1.807) is 7.11 Å². The van der Waals surface area contributed by atoms with Gasteiger partial charge in [-0.15, -0.1) is 11.3 Å². The molecule has 0 atom stereocenters. The Morgan fingerprint density at radius 2 is 2.14 bits per heavy atom. The minimum atomic E-state index is -0.127. The zero-order chi connectivity index (χ0) is 19.5. The van der Waals surface area contributed by atoms with E-state index in [0.29, 0.717) is 25.2 Å². The van der Waals surface area contributed by atoms with Crippen LogP contribution in [0.2, 0.25) is 0 Å². The molecule has 146 valence electrons. The number of amides is 2. The smallest absolute Gasteiger partial charge is 0.269 e. The van der Waals surface area contributed by atoms with E-state index in [1.165, 1.54) is 11.3 Å². The highest BCUT2D eigenvalue weighted by molar-refractivity contribution is 7.15. The molecule has 4 rings (SSSR count). The van der Waals surface area contributed by atoms with Crippen molar-refractivity contribution in [3.05, 3.63) is 41.5 Å². The molecule has 1 aromatic carbocycles. The molecule has 3 aromatic rings. The van der Waals surface area contributed by atoms with Gasteiger partial charge in [-0.2, -0.15) is 0 Å². The molecule has 0 aliphatic carbocycles. The molecule has 0 bridgehead atoms. The van der Waals surface area contributed by atoms with Crippen molar-refractivity contribution in [1.82, 2.24) is 19.6 Å². The van der Waals surface area contributed by atoms with Crippen molar-refractivity contribution in [2.24, 2.45) is 0 Å². The monoisotopic (exact) mass is 398 g/mol. The second-order valence-corrected chi connectivity index (χ2v) is 7.56. The second-order valence-electron chi connectivity index (χ2n) is 6.72. The van der Waals surface area contributed by atoms with Crippen LogP contribution in [0, 0.1) is 0 Å². The molecule has 1 saturated heterocycles. The third-order valence-electron chi connectivity index (χ3n) is 4.89. The summed E-state index contributed by atoms with van der Waals surface area (Å²) in [6.07, 6.45) is 4.23. The first-order chi connectivity index (χ1) is 13.7. The lowest BCUT2D eigenvalue weighted by Crippen LogP contribution is -2.31. The summed E-state index contributed by atoms with van der Waals surface area (Å²) in [5.41, 5.74) is 2.36. The van der Waals surface area contributed by atoms with Gasteiger partial charge in [-0.3, -0.25) is 14.0 Å². The molecule has 0 radical (unpaired) electrons. The maximum atomic E-state index is 12.6. The lowest BCUT2D eigenvalue weighted by atomic mass is 10.2. The molecule has 2 aromatic heterocycles. The maximum absolute atomic E-state index is 12.6. The second kappa shape index (κ2) is 8.02. The van der Waals surface area contributed by atoms with E-state index in [0.717, 1.165) is 41.4 Å². The Hall–Kier alpha value is -2.87. The first kappa shape index (κ1) is 18.5. The van der Waals surface area contributed by atoms with Gasteiger partial charge in [0.15, 0.2) is 4.96 Å². The van der Waals surface area contributed by atoms with Gasteiger partial charge in [-0.25, -0.2) is 4.98 Å². The van der Waals surface area contributed by atoms with Gasteiger partial charge in [-0.1, -0.05) is 0 Å². The summed E-state index contributed by atoms with van der Waals surface area (Å²) < 4.78 is 7.01. The number of hydrogen-bond acceptors (Lipinski definition) is 5. The lowest BCUT2D eigenvalue weighted by molar-refractivity contribution is -0.127. The zero-order valence-electron chi connectivity index (χ0n) is 15.7. The van der Waals surface area contributed by atoms with E-state index in [4.69, 9.17) is 4.74 Å². The number of carbonyl (C=O) groups excluding carboxylic acids is 2. The van der Waals surface area contributed by atoms with Gasteiger partial charge >= 0.3 is 0 Å². The lowest BCUT2D eigenvalue weighted by Gasteiger charge is -2.15. The Kier molecular flexibility index (Phi) is 5.29. The predicted octanol–water partition coefficient (Wildman–Crippen LogP) is 2.81. The summed E-state index contributed by atoms with van der Waals surface area (Å²) in [5.74, 6) is 0.883. The van der Waals surface area contributed by atoms with Crippen LogP contribution in [0.1, 0.15) is 29.8 Å². The third-order valence-corrected chi connectivity index (χ3v) is 5.73. The molecule has 2 amide bonds. The molecule has 28 heavy (non-hydrogen) atoms. The van der Waals surface area contributed by atoms with Gasteiger partial charge in [0.1, 0.15) is 11.4 Å². The van der Waals surface area contributed by atoms with E-state index in [9.17, 15) is 9.59 Å². The van der Waals surface area contributed by atoms with Crippen LogP contribution in [0.3, 0.4) is 0 Å². The van der Waals surface area contributed by atoms with Crippen LogP contribution in [-0.2, 0) is 4.79 Å². The number of nitrogens with one attached hydrogen (secondary N) is 1. The molecule has 1 N–H and O–H groups in total. The fourth-order valence-corrected chi connectivity index (χ4v) is 4.20. The molecule has 1 aliphatic heterocycles. The molecule has 0 saturated carbocycles. The van der Waals surface area contributed by atoms with E-state index in [1.807, 2.05) is 45.1 Å². The Morgan fingerprint density at radius 1 is 1.32 bits per heavy atom. The summed E-state index contributed by atoms with van der Waals surface area (Å²) >= 11 is 1.44. The number of imidazole rings is 1. The standard InChI is InChI=1S/C20H22N4O3S/c1-27-15-7-5-14(6-8-15)16-12-24-17(13-28-20(24)22-16)19(26)21-9-3-11-23-10-2-4-18(23)25/h5-8,12-13H,2-4,9-11H2,1H3,(H,21,26). The molecule has 8 heteroatoms. The van der Waals surface area contributed by atoms with Crippen LogP contribution >= 0.6 is 11.3 Å². The number of nitrogens with zero attached hydrogens (tertiary/aromatic N) is 3. The molecular weight excluding hydrogens is 376 g/mol. The van der Waals surface area contributed by atoms with Gasteiger partial charge in [0.05, 0.1) is 12.8 Å². The van der Waals surface area contributed by atoms with Gasteiger partial charge < -0.3 is 15.0 Å². The number of hydrogen-bond donors (Lipinski definition) is 1. The maximum Gasteiger partial charge on any atom is 0.269 e. The highest BCUT2D eigenvalue weighted by atomic mass is 32.1. The molecule has 3 heterocycles. The van der Waals surface area contributed by atoms with Crippen molar-refractivity contribution in [2.75, 3.05) is 26.7 Å². The van der Waals surface area contributed by atoms with E-state index >= 15 is 0 Å². The number of rotatable bonds is 7. The van der Waals surface area contributed by atoms with Crippen LogP contribution in [0.5, 0.6) is 5.75 Å². The van der Waals surface area contributed by atoms with Crippen molar-refractivity contribution < 1.29 is 14.3 Å². The van der Waals surface area contributed by atoms with Crippen LogP contribution in [0.25, 0.3) is 16.2 Å². The third kappa shape index (κ3) is 3.73. The summed E-state index contributed by atoms with van der Waals surface area (Å²) in [7, 11) is 1.63. The van der Waals surface area contributed by atoms with Crippen molar-refractivity contribution in [2.45, 2.75) is 19.3 Å². The van der Waals surface area contributed by atoms with Gasteiger partial charge in [-0.05, 0) is 37.1 Å². The van der Waals surface area contributed by atoms with Gasteiger partial charge in [0, 0.05) is 43.2 Å². The molecule has 0 unspecified atom stereocenters. The quantitative estimate of drug-likeness (QED) is 0.621. The number of fused-ring (bicyclic) bond motifs is 1. The van der Waals surface area contributed by atoms with Crippen molar-refractivity contribution in [3.8, 4) is 17.0 Å². The fourth-order valence-electron chi connectivity index (χ4n) is 3.35. The van der Waals surface area contributed by atoms with E-state index < -0.39 is 0 Å². The first-order valence-corrected chi connectivity index (χ1v) is 10.2. The molecular formula is C20H22N4O3S. The number of likely N-dealkylation sites (tertiary alicyclic amines) is 1. The van der Waals surface area contributed by atoms with Crippen LogP contribution in [0.15, 0.2) is 35.8 Å². The van der Waals surface area contributed by atoms with Gasteiger partial charge in [0.2, 0.25) is 5.91 Å². The molecule has 1 fully saturated rings. The Labute approximate surface area is 166 Å². The first-order valence-electron chi connectivity index (χ1n) is 9.32. The number of ether oxygens (including phenoxy) is 1. The molecule has 0 spiro atoms. The zero-order valence-corrected chi connectivity index (χ0v) is 16.5. The topological polar surface area (TPSA) is 75.9 Å². The normalized spacial score (nSPS) is 14.0. The summed E-state index contributed by atoms with van der Waals surface area (Å²) in [6.45, 7) is 2.08. The predicted molar refractivity (Wildman–Crippen MR) is 108 cm³/mol. The number of aromatic nitrogens is 2. The summed E-state index contributed by atoms with van der Waals surface area (Å²) in [6, 6.07) is 7.68. The van der Waals surface area contributed by atoms with Crippen LogP contribution in [-0.4, -0.2) is 52.8 Å². The van der Waals surface area contributed by atoms with E-state index in [-0.39, 0.29) is 11.8 Å². The fraction of sp³-hybridized carbons (Fsp3) is 0.350.